The van der Waals surface area contributed by atoms with Gasteiger partial charge in [-0.15, -0.1) is 0 Å². The van der Waals surface area contributed by atoms with Crippen molar-refractivity contribution in [3.63, 3.8) is 0 Å². The minimum atomic E-state index is -0.300. The zero-order valence-electron chi connectivity index (χ0n) is 6.93. The average molecular weight is 220 g/mol. The second-order valence-corrected chi connectivity index (χ2v) is 3.47. The van der Waals surface area contributed by atoms with Gasteiger partial charge in [0.1, 0.15) is 0 Å². The summed E-state index contributed by atoms with van der Waals surface area (Å²) in [5.74, 6) is 0. The highest BCUT2D eigenvalue weighted by Crippen LogP contribution is 2.33. The van der Waals surface area contributed by atoms with E-state index in [2.05, 4.69) is 0 Å². The first-order chi connectivity index (χ1) is 6.07. The lowest BCUT2D eigenvalue weighted by Gasteiger charge is -2.12. The highest BCUT2D eigenvalue weighted by Gasteiger charge is 2.12. The maximum absolute atomic E-state index is 5.92. The molecule has 1 unspecified atom stereocenters. The third-order valence-corrected chi connectivity index (χ3v) is 2.71. The molecule has 0 aliphatic rings. The van der Waals surface area contributed by atoms with E-state index in [1.54, 1.807) is 12.1 Å². The molecule has 0 saturated carbocycles. The summed E-state index contributed by atoms with van der Waals surface area (Å²) in [5, 5.41) is 0.725. The molecule has 3 nitrogen and oxygen atoms in total. The molecule has 0 bridgehead atoms. The monoisotopic (exact) mass is 219 g/mol. The Hall–Kier alpha value is -0.480. The SMILES string of the molecule is NCC(N)c1ccc(N)c(Cl)c1Cl. The third-order valence-electron chi connectivity index (χ3n) is 1.80. The van der Waals surface area contributed by atoms with E-state index < -0.39 is 0 Å². The van der Waals surface area contributed by atoms with E-state index in [9.17, 15) is 0 Å². The largest absolute Gasteiger partial charge is 0.397 e. The van der Waals surface area contributed by atoms with Crippen LogP contribution in [0.15, 0.2) is 12.1 Å². The molecule has 1 rings (SSSR count). The van der Waals surface area contributed by atoms with Gasteiger partial charge in [-0.2, -0.15) is 0 Å². The number of nitrogens with two attached hydrogens (primary N) is 3. The first kappa shape index (κ1) is 10.6. The Kier molecular flexibility index (Phi) is 3.39. The van der Waals surface area contributed by atoms with E-state index in [4.69, 9.17) is 40.4 Å². The molecular formula is C8H11Cl2N3. The zero-order valence-corrected chi connectivity index (χ0v) is 8.44. The fraction of sp³-hybridized carbons (Fsp3) is 0.250. The van der Waals surface area contributed by atoms with Crippen molar-refractivity contribution in [3.8, 4) is 0 Å². The average Bonchev–Trinajstić information content (AvgIpc) is 2.13. The second-order valence-electron chi connectivity index (χ2n) is 2.71. The van der Waals surface area contributed by atoms with Crippen molar-refractivity contribution >= 4 is 28.9 Å². The Morgan fingerprint density at radius 3 is 2.38 bits per heavy atom. The predicted molar refractivity (Wildman–Crippen MR) is 56.9 cm³/mol. The lowest BCUT2D eigenvalue weighted by atomic mass is 10.1. The number of halogens is 2. The van der Waals surface area contributed by atoms with Crippen molar-refractivity contribution in [2.45, 2.75) is 6.04 Å². The number of anilines is 1. The summed E-state index contributed by atoms with van der Waals surface area (Å²) in [6, 6.07) is 3.10. The molecule has 0 saturated heterocycles. The minimum absolute atomic E-state index is 0.300. The summed E-state index contributed by atoms with van der Waals surface area (Å²) in [6.07, 6.45) is 0. The molecule has 0 spiro atoms. The Balaban J connectivity index is 3.18. The molecule has 13 heavy (non-hydrogen) atoms. The van der Waals surface area contributed by atoms with Crippen LogP contribution < -0.4 is 17.2 Å². The van der Waals surface area contributed by atoms with Crippen molar-refractivity contribution in [2.75, 3.05) is 12.3 Å². The number of hydrogen-bond donors (Lipinski definition) is 3. The molecule has 72 valence electrons. The molecule has 0 fully saturated rings. The van der Waals surface area contributed by atoms with Gasteiger partial charge in [0.15, 0.2) is 0 Å². The smallest absolute Gasteiger partial charge is 0.0824 e. The fourth-order valence-corrected chi connectivity index (χ4v) is 1.48. The van der Waals surface area contributed by atoms with Crippen LogP contribution in [-0.4, -0.2) is 6.54 Å². The summed E-state index contributed by atoms with van der Waals surface area (Å²) in [4.78, 5) is 0. The topological polar surface area (TPSA) is 78.1 Å². The number of rotatable bonds is 2. The van der Waals surface area contributed by atoms with Gasteiger partial charge in [0, 0.05) is 12.6 Å². The molecule has 0 heterocycles. The second kappa shape index (κ2) is 4.15. The Morgan fingerprint density at radius 2 is 1.85 bits per heavy atom. The first-order valence-corrected chi connectivity index (χ1v) is 4.52. The quantitative estimate of drug-likeness (QED) is 0.661. The van der Waals surface area contributed by atoms with Crippen molar-refractivity contribution < 1.29 is 0 Å². The van der Waals surface area contributed by atoms with Crippen molar-refractivity contribution in [2.24, 2.45) is 11.5 Å². The van der Waals surface area contributed by atoms with E-state index in [0.29, 0.717) is 22.3 Å². The van der Waals surface area contributed by atoms with Gasteiger partial charge in [0.2, 0.25) is 0 Å². The lowest BCUT2D eigenvalue weighted by molar-refractivity contribution is 0.737. The molecule has 6 N–H and O–H groups in total. The third kappa shape index (κ3) is 2.06. The first-order valence-electron chi connectivity index (χ1n) is 3.77. The molecule has 1 atom stereocenters. The van der Waals surface area contributed by atoms with Crippen LogP contribution in [0.4, 0.5) is 5.69 Å². The van der Waals surface area contributed by atoms with Crippen LogP contribution in [0.5, 0.6) is 0 Å². The molecule has 0 aliphatic carbocycles. The van der Waals surface area contributed by atoms with E-state index in [0.717, 1.165) is 5.56 Å². The summed E-state index contributed by atoms with van der Waals surface area (Å²) in [5.41, 5.74) is 17.8. The number of nitrogen functional groups attached to an aromatic ring is 1. The van der Waals surface area contributed by atoms with Crippen LogP contribution in [0.1, 0.15) is 11.6 Å². The van der Waals surface area contributed by atoms with E-state index in [1.807, 2.05) is 0 Å². The molecular weight excluding hydrogens is 209 g/mol. The van der Waals surface area contributed by atoms with E-state index in [1.165, 1.54) is 0 Å². The number of hydrogen-bond acceptors (Lipinski definition) is 3. The minimum Gasteiger partial charge on any atom is -0.397 e. The Morgan fingerprint density at radius 1 is 1.23 bits per heavy atom. The Bertz CT molecular complexity index is 315. The maximum atomic E-state index is 5.92. The normalized spacial score (nSPS) is 12.9. The summed E-state index contributed by atoms with van der Waals surface area (Å²) >= 11 is 11.8. The standard InChI is InChI=1S/C8H11Cl2N3/c9-7-4(6(13)3-11)1-2-5(12)8(7)10/h1-2,6H,3,11-13H2. The van der Waals surface area contributed by atoms with Gasteiger partial charge in [-0.3, -0.25) is 0 Å². The highest BCUT2D eigenvalue weighted by atomic mass is 35.5. The summed E-state index contributed by atoms with van der Waals surface area (Å²) in [7, 11) is 0. The number of benzene rings is 1. The van der Waals surface area contributed by atoms with Gasteiger partial charge >= 0.3 is 0 Å². The highest BCUT2D eigenvalue weighted by molar-refractivity contribution is 6.44. The van der Waals surface area contributed by atoms with E-state index in [-0.39, 0.29) is 6.04 Å². The lowest BCUT2D eigenvalue weighted by Crippen LogP contribution is -2.21. The van der Waals surface area contributed by atoms with Crippen molar-refractivity contribution in [1.82, 2.24) is 0 Å². The van der Waals surface area contributed by atoms with Crippen LogP contribution in [-0.2, 0) is 0 Å². The molecule has 0 amide bonds. The molecule has 0 aliphatic heterocycles. The molecule has 1 aromatic carbocycles. The fourth-order valence-electron chi connectivity index (χ4n) is 0.993. The van der Waals surface area contributed by atoms with Gasteiger partial charge in [0.05, 0.1) is 15.7 Å². The molecule has 1 aromatic rings. The zero-order chi connectivity index (χ0) is 10.0. The summed E-state index contributed by atoms with van der Waals surface area (Å²) in [6.45, 7) is 0.319. The van der Waals surface area contributed by atoms with Gasteiger partial charge < -0.3 is 17.2 Å². The van der Waals surface area contributed by atoms with Crippen LogP contribution >= 0.6 is 23.2 Å². The van der Waals surface area contributed by atoms with Gasteiger partial charge in [-0.25, -0.2) is 0 Å². The Labute approximate surface area is 86.8 Å². The van der Waals surface area contributed by atoms with Crippen LogP contribution in [0.2, 0.25) is 10.0 Å². The van der Waals surface area contributed by atoms with Crippen LogP contribution in [0.3, 0.4) is 0 Å². The maximum Gasteiger partial charge on any atom is 0.0824 e. The molecule has 0 radical (unpaired) electrons. The van der Waals surface area contributed by atoms with Gasteiger partial charge in [-0.1, -0.05) is 29.3 Å². The van der Waals surface area contributed by atoms with Crippen molar-refractivity contribution in [1.29, 1.82) is 0 Å². The van der Waals surface area contributed by atoms with Crippen LogP contribution in [0.25, 0.3) is 0 Å². The van der Waals surface area contributed by atoms with Crippen LogP contribution in [0, 0.1) is 0 Å². The predicted octanol–water partition coefficient (Wildman–Crippen LogP) is 1.53. The molecule has 5 heteroatoms. The summed E-state index contributed by atoms with van der Waals surface area (Å²) < 4.78 is 0. The van der Waals surface area contributed by atoms with Crippen molar-refractivity contribution in [3.05, 3.63) is 27.7 Å². The van der Waals surface area contributed by atoms with E-state index >= 15 is 0 Å². The van der Waals surface area contributed by atoms with Gasteiger partial charge in [0.25, 0.3) is 0 Å². The van der Waals surface area contributed by atoms with Gasteiger partial charge in [-0.05, 0) is 11.6 Å². The molecule has 0 aromatic heterocycles.